The minimum atomic E-state index is -0.429. The SMILES string of the molecule is O=[N+]([O-])c1ccc(COc2ccc(CO)cc2I)cc1. The molecule has 2 aromatic carbocycles. The number of nitro groups is 1. The quantitative estimate of drug-likeness (QED) is 0.487. The maximum atomic E-state index is 10.5. The molecule has 0 radical (unpaired) electrons. The summed E-state index contributed by atoms with van der Waals surface area (Å²) >= 11 is 2.14. The molecule has 1 N–H and O–H groups in total. The Bertz CT molecular complexity index is 613. The molecule has 0 spiro atoms. The molecule has 0 atom stereocenters. The van der Waals surface area contributed by atoms with E-state index in [0.29, 0.717) is 6.61 Å². The standard InChI is InChI=1S/C14H12INO4/c15-13-7-11(8-17)3-6-14(13)20-9-10-1-4-12(5-2-10)16(18)19/h1-7,17H,8-9H2. The third-order valence-corrected chi connectivity index (χ3v) is 3.56. The van der Waals surface area contributed by atoms with E-state index in [-0.39, 0.29) is 12.3 Å². The zero-order valence-electron chi connectivity index (χ0n) is 10.5. The topological polar surface area (TPSA) is 72.6 Å². The van der Waals surface area contributed by atoms with Gasteiger partial charge in [0.1, 0.15) is 12.4 Å². The highest BCUT2D eigenvalue weighted by Crippen LogP contribution is 2.23. The van der Waals surface area contributed by atoms with Crippen LogP contribution in [0.1, 0.15) is 11.1 Å². The van der Waals surface area contributed by atoms with E-state index in [0.717, 1.165) is 20.4 Å². The van der Waals surface area contributed by atoms with Gasteiger partial charge >= 0.3 is 0 Å². The summed E-state index contributed by atoms with van der Waals surface area (Å²) in [5, 5.41) is 19.6. The highest BCUT2D eigenvalue weighted by atomic mass is 127. The van der Waals surface area contributed by atoms with Crippen LogP contribution in [0.3, 0.4) is 0 Å². The van der Waals surface area contributed by atoms with E-state index in [2.05, 4.69) is 22.6 Å². The Labute approximate surface area is 129 Å². The average Bonchev–Trinajstić information content (AvgIpc) is 2.46. The number of halogens is 1. The van der Waals surface area contributed by atoms with Gasteiger partial charge in [-0.05, 0) is 58.0 Å². The van der Waals surface area contributed by atoms with E-state index in [9.17, 15) is 10.1 Å². The van der Waals surface area contributed by atoms with Gasteiger partial charge < -0.3 is 9.84 Å². The summed E-state index contributed by atoms with van der Waals surface area (Å²) in [6.45, 7) is 0.338. The number of benzene rings is 2. The van der Waals surface area contributed by atoms with Crippen LogP contribution < -0.4 is 4.74 Å². The molecule has 2 rings (SSSR count). The molecular weight excluding hydrogens is 373 g/mol. The molecular formula is C14H12INO4. The highest BCUT2D eigenvalue weighted by molar-refractivity contribution is 14.1. The summed E-state index contributed by atoms with van der Waals surface area (Å²) in [7, 11) is 0. The Balaban J connectivity index is 2.03. The van der Waals surface area contributed by atoms with E-state index < -0.39 is 4.92 Å². The van der Waals surface area contributed by atoms with Crippen molar-refractivity contribution >= 4 is 28.3 Å². The van der Waals surface area contributed by atoms with Crippen molar-refractivity contribution in [3.05, 3.63) is 67.3 Å². The Morgan fingerprint density at radius 3 is 2.35 bits per heavy atom. The van der Waals surface area contributed by atoms with Crippen molar-refractivity contribution in [1.82, 2.24) is 0 Å². The Hall–Kier alpha value is -1.67. The van der Waals surface area contributed by atoms with Gasteiger partial charge in [0.25, 0.3) is 5.69 Å². The van der Waals surface area contributed by atoms with E-state index in [4.69, 9.17) is 9.84 Å². The van der Waals surface area contributed by atoms with E-state index in [1.54, 1.807) is 24.3 Å². The zero-order valence-corrected chi connectivity index (χ0v) is 12.6. The van der Waals surface area contributed by atoms with Crippen molar-refractivity contribution in [1.29, 1.82) is 0 Å². The predicted octanol–water partition coefficient (Wildman–Crippen LogP) is 3.27. The van der Waals surface area contributed by atoms with Gasteiger partial charge in [-0.25, -0.2) is 0 Å². The van der Waals surface area contributed by atoms with Gasteiger partial charge in [-0.15, -0.1) is 0 Å². The first-order valence-electron chi connectivity index (χ1n) is 5.85. The average molecular weight is 385 g/mol. The van der Waals surface area contributed by atoms with Gasteiger partial charge in [0, 0.05) is 12.1 Å². The van der Waals surface area contributed by atoms with E-state index >= 15 is 0 Å². The molecule has 0 aliphatic heterocycles. The van der Waals surface area contributed by atoms with Crippen LogP contribution >= 0.6 is 22.6 Å². The van der Waals surface area contributed by atoms with Crippen LogP contribution in [0.2, 0.25) is 0 Å². The Morgan fingerprint density at radius 2 is 1.80 bits per heavy atom. The summed E-state index contributed by atoms with van der Waals surface area (Å²) in [5.41, 5.74) is 1.75. The molecule has 0 unspecified atom stereocenters. The van der Waals surface area contributed by atoms with Gasteiger partial charge in [0.15, 0.2) is 0 Å². The lowest BCUT2D eigenvalue weighted by atomic mass is 10.2. The number of ether oxygens (including phenoxy) is 1. The van der Waals surface area contributed by atoms with Gasteiger partial charge in [-0.3, -0.25) is 10.1 Å². The summed E-state index contributed by atoms with van der Waals surface area (Å²) in [6, 6.07) is 11.7. The maximum absolute atomic E-state index is 10.5. The molecule has 0 heterocycles. The fourth-order valence-corrected chi connectivity index (χ4v) is 2.37. The normalized spacial score (nSPS) is 10.3. The highest BCUT2D eigenvalue weighted by Gasteiger charge is 2.06. The minimum absolute atomic E-state index is 0.00135. The first-order valence-corrected chi connectivity index (χ1v) is 6.93. The molecule has 0 saturated carbocycles. The van der Waals surface area contributed by atoms with Crippen LogP contribution in [-0.4, -0.2) is 10.0 Å². The molecule has 104 valence electrons. The molecule has 6 heteroatoms. The van der Waals surface area contributed by atoms with E-state index in [1.807, 2.05) is 6.07 Å². The molecule has 0 aliphatic carbocycles. The molecule has 0 bridgehead atoms. The molecule has 0 aliphatic rings. The maximum Gasteiger partial charge on any atom is 0.269 e. The number of nitrogens with zero attached hydrogens (tertiary/aromatic N) is 1. The zero-order chi connectivity index (χ0) is 14.5. The van der Waals surface area contributed by atoms with Crippen molar-refractivity contribution in [2.75, 3.05) is 0 Å². The van der Waals surface area contributed by atoms with Crippen LogP contribution in [0, 0.1) is 13.7 Å². The monoisotopic (exact) mass is 385 g/mol. The smallest absolute Gasteiger partial charge is 0.269 e. The van der Waals surface area contributed by atoms with Crippen LogP contribution in [0.25, 0.3) is 0 Å². The number of hydrogen-bond donors (Lipinski definition) is 1. The molecule has 0 amide bonds. The third kappa shape index (κ3) is 3.67. The van der Waals surface area contributed by atoms with Gasteiger partial charge in [-0.1, -0.05) is 6.07 Å². The number of rotatable bonds is 5. The number of non-ortho nitro benzene ring substituents is 1. The van der Waals surface area contributed by atoms with Gasteiger partial charge in [0.2, 0.25) is 0 Å². The van der Waals surface area contributed by atoms with E-state index in [1.165, 1.54) is 12.1 Å². The fraction of sp³-hybridized carbons (Fsp3) is 0.143. The number of hydrogen-bond acceptors (Lipinski definition) is 4. The number of nitro benzene ring substituents is 1. The fourth-order valence-electron chi connectivity index (χ4n) is 1.63. The summed E-state index contributed by atoms with van der Waals surface area (Å²) in [5.74, 6) is 0.723. The Morgan fingerprint density at radius 1 is 1.15 bits per heavy atom. The number of aliphatic hydroxyl groups excluding tert-OH is 1. The minimum Gasteiger partial charge on any atom is -0.488 e. The summed E-state index contributed by atoms with van der Waals surface area (Å²) in [6.07, 6.45) is 0. The lowest BCUT2D eigenvalue weighted by molar-refractivity contribution is -0.384. The van der Waals surface area contributed by atoms with Crippen molar-refractivity contribution in [3.63, 3.8) is 0 Å². The molecule has 0 saturated heterocycles. The largest absolute Gasteiger partial charge is 0.488 e. The van der Waals surface area contributed by atoms with Crippen LogP contribution in [-0.2, 0) is 13.2 Å². The molecule has 2 aromatic rings. The van der Waals surface area contributed by atoms with Crippen molar-refractivity contribution in [2.24, 2.45) is 0 Å². The Kier molecular flexibility index (Phi) is 4.91. The van der Waals surface area contributed by atoms with Gasteiger partial charge in [-0.2, -0.15) is 0 Å². The van der Waals surface area contributed by atoms with Crippen LogP contribution in [0.15, 0.2) is 42.5 Å². The van der Waals surface area contributed by atoms with Crippen LogP contribution in [0.5, 0.6) is 5.75 Å². The third-order valence-electron chi connectivity index (χ3n) is 2.72. The molecule has 0 aromatic heterocycles. The first kappa shape index (κ1) is 14.7. The van der Waals surface area contributed by atoms with Crippen molar-refractivity contribution in [3.8, 4) is 5.75 Å². The predicted molar refractivity (Wildman–Crippen MR) is 82.5 cm³/mol. The molecule has 0 fully saturated rings. The van der Waals surface area contributed by atoms with Crippen molar-refractivity contribution < 1.29 is 14.8 Å². The van der Waals surface area contributed by atoms with Gasteiger partial charge in [0.05, 0.1) is 15.1 Å². The second-order valence-electron chi connectivity index (χ2n) is 4.14. The second-order valence-corrected chi connectivity index (χ2v) is 5.30. The molecule has 5 nitrogen and oxygen atoms in total. The van der Waals surface area contributed by atoms with Crippen molar-refractivity contribution in [2.45, 2.75) is 13.2 Å². The molecule has 20 heavy (non-hydrogen) atoms. The summed E-state index contributed by atoms with van der Waals surface area (Å²) < 4.78 is 6.58. The lowest BCUT2D eigenvalue weighted by Crippen LogP contribution is -1.98. The first-order chi connectivity index (χ1) is 9.60. The van der Waals surface area contributed by atoms with Crippen LogP contribution in [0.4, 0.5) is 5.69 Å². The summed E-state index contributed by atoms with van der Waals surface area (Å²) in [4.78, 5) is 10.1. The number of aliphatic hydroxyl groups is 1. The second kappa shape index (κ2) is 6.67. The lowest BCUT2D eigenvalue weighted by Gasteiger charge is -2.09.